The highest BCUT2D eigenvalue weighted by Crippen LogP contribution is 2.49. The first-order valence-electron chi connectivity index (χ1n) is 13.3. The van der Waals surface area contributed by atoms with Crippen molar-refractivity contribution in [1.82, 2.24) is 4.90 Å². The molecule has 6 rings (SSSR count). The quantitative estimate of drug-likeness (QED) is 0.457. The number of hydrogen-bond donors (Lipinski definition) is 1. The highest BCUT2D eigenvalue weighted by Gasteiger charge is 2.50. The summed E-state index contributed by atoms with van der Waals surface area (Å²) >= 11 is 6.17. The minimum absolute atomic E-state index is 0.0301. The van der Waals surface area contributed by atoms with Crippen LogP contribution in [0.4, 0.5) is 0 Å². The lowest BCUT2D eigenvalue weighted by Gasteiger charge is -2.52. The Bertz CT molecular complexity index is 1410. The first-order chi connectivity index (χ1) is 17.8. The Morgan fingerprint density at radius 2 is 1.92 bits per heavy atom. The number of likely N-dealkylation sites (tertiary alicyclic amines) is 1. The van der Waals surface area contributed by atoms with Crippen molar-refractivity contribution in [1.29, 1.82) is 0 Å². The van der Waals surface area contributed by atoms with Crippen LogP contribution in [-0.4, -0.2) is 34.7 Å². The number of aliphatic hydroxyl groups is 1. The van der Waals surface area contributed by atoms with Gasteiger partial charge in [-0.2, -0.15) is 0 Å². The Labute approximate surface area is 221 Å². The van der Waals surface area contributed by atoms with Gasteiger partial charge in [-0.05, 0) is 86.4 Å². The number of hydrogen-bond acceptors (Lipinski definition) is 5. The highest BCUT2D eigenvalue weighted by atomic mass is 35.5. The molecule has 1 N–H and O–H groups in total. The third-order valence-corrected chi connectivity index (χ3v) is 8.88. The van der Waals surface area contributed by atoms with Gasteiger partial charge in [-0.25, -0.2) is 4.79 Å². The number of carbonyl (C=O) groups excluding carboxylic acids is 1. The summed E-state index contributed by atoms with van der Waals surface area (Å²) in [5, 5.41) is 13.0. The highest BCUT2D eigenvalue weighted by molar-refractivity contribution is 6.30. The van der Waals surface area contributed by atoms with Crippen LogP contribution in [0.2, 0.25) is 5.02 Å². The third-order valence-electron chi connectivity index (χ3n) is 8.63. The Balaban J connectivity index is 1.31. The van der Waals surface area contributed by atoms with Crippen LogP contribution in [0.25, 0.3) is 11.0 Å². The van der Waals surface area contributed by atoms with E-state index in [9.17, 15) is 14.7 Å². The first-order valence-corrected chi connectivity index (χ1v) is 13.7. The summed E-state index contributed by atoms with van der Waals surface area (Å²) in [7, 11) is 0. The summed E-state index contributed by atoms with van der Waals surface area (Å²) < 4.78 is 11.8. The second-order valence-corrected chi connectivity index (χ2v) is 11.4. The zero-order chi connectivity index (χ0) is 25.7. The molecule has 2 heterocycles. The van der Waals surface area contributed by atoms with Gasteiger partial charge in [0.1, 0.15) is 11.3 Å². The molecule has 3 aliphatic rings. The van der Waals surface area contributed by atoms with Gasteiger partial charge in [0.25, 0.3) is 5.91 Å². The number of rotatable bonds is 4. The summed E-state index contributed by atoms with van der Waals surface area (Å²) in [4.78, 5) is 28.1. The van der Waals surface area contributed by atoms with Gasteiger partial charge in [-0.15, -0.1) is 0 Å². The molecule has 0 radical (unpaired) electrons. The maximum atomic E-state index is 13.7. The van der Waals surface area contributed by atoms with Gasteiger partial charge in [-0.3, -0.25) is 4.79 Å². The second kappa shape index (κ2) is 9.48. The number of nitrogens with zero attached hydrogens (tertiary/aromatic N) is 1. The molecule has 1 aliphatic heterocycles. The maximum absolute atomic E-state index is 13.7. The minimum Gasteiger partial charge on any atom is -0.483 e. The maximum Gasteiger partial charge on any atom is 0.339 e. The molecule has 2 aliphatic carbocycles. The number of ether oxygens (including phenoxy) is 1. The second-order valence-electron chi connectivity index (χ2n) is 10.9. The smallest absolute Gasteiger partial charge is 0.339 e. The standard InChI is InChI=1S/C30H32ClNO5/c1-18-15-24(27-21-5-4-6-22(21)29(34)37-25(27)16-18)36-17-26(33)32-14-13-30(35)12-3-2-7-23(30)28(32)19-8-10-20(31)11-9-19/h8-11,15-16,23,28,35H,2-7,12-14,17H2,1H3. The van der Waals surface area contributed by atoms with Gasteiger partial charge in [0.15, 0.2) is 6.61 Å². The Kier molecular flexibility index (Phi) is 6.28. The van der Waals surface area contributed by atoms with Gasteiger partial charge in [-0.1, -0.05) is 36.6 Å². The molecule has 0 spiro atoms. The summed E-state index contributed by atoms with van der Waals surface area (Å²) in [6.07, 6.45) is 6.69. The molecule has 3 unspecified atom stereocenters. The lowest BCUT2D eigenvalue weighted by Crippen LogP contribution is -2.56. The molecular formula is C30H32ClNO5. The van der Waals surface area contributed by atoms with E-state index in [0.717, 1.165) is 66.2 Å². The van der Waals surface area contributed by atoms with Crippen molar-refractivity contribution < 1.29 is 19.1 Å². The number of halogens is 1. The summed E-state index contributed by atoms with van der Waals surface area (Å²) in [6, 6.07) is 11.2. The SMILES string of the molecule is Cc1cc(OCC(=O)N2CCC3(O)CCCCC3C2c2ccc(Cl)cc2)c2c3c(c(=O)oc2c1)CCC3. The molecule has 6 nitrogen and oxygen atoms in total. The fourth-order valence-corrected chi connectivity index (χ4v) is 7.00. The molecule has 1 saturated carbocycles. The van der Waals surface area contributed by atoms with Gasteiger partial charge >= 0.3 is 5.63 Å². The van der Waals surface area contributed by atoms with E-state index in [-0.39, 0.29) is 30.1 Å². The van der Waals surface area contributed by atoms with Crippen LogP contribution >= 0.6 is 11.6 Å². The predicted molar refractivity (Wildman–Crippen MR) is 142 cm³/mol. The average molecular weight is 522 g/mol. The number of benzene rings is 2. The fourth-order valence-electron chi connectivity index (χ4n) is 6.88. The molecule has 194 valence electrons. The van der Waals surface area contributed by atoms with Gasteiger partial charge in [0.05, 0.1) is 17.0 Å². The van der Waals surface area contributed by atoms with Crippen molar-refractivity contribution in [3.63, 3.8) is 0 Å². The number of piperidine rings is 1. The topological polar surface area (TPSA) is 80.0 Å². The van der Waals surface area contributed by atoms with E-state index in [0.29, 0.717) is 35.7 Å². The van der Waals surface area contributed by atoms with Crippen molar-refractivity contribution in [2.45, 2.75) is 69.9 Å². The molecule has 3 atom stereocenters. The molecule has 1 aromatic heterocycles. The largest absolute Gasteiger partial charge is 0.483 e. The van der Waals surface area contributed by atoms with Gasteiger partial charge in [0, 0.05) is 23.0 Å². The minimum atomic E-state index is -0.759. The lowest BCUT2D eigenvalue weighted by atomic mass is 9.66. The summed E-state index contributed by atoms with van der Waals surface area (Å²) in [5.41, 5.74) is 3.08. The molecule has 2 aromatic carbocycles. The van der Waals surface area contributed by atoms with E-state index in [2.05, 4.69) is 0 Å². The molecule has 1 amide bonds. The van der Waals surface area contributed by atoms with Crippen LogP contribution in [0.15, 0.2) is 45.6 Å². The number of aryl methyl sites for hydroxylation is 2. The average Bonchev–Trinajstić information content (AvgIpc) is 3.37. The first kappa shape index (κ1) is 24.5. The monoisotopic (exact) mass is 521 g/mol. The molecule has 0 bridgehead atoms. The van der Waals surface area contributed by atoms with Crippen LogP contribution < -0.4 is 10.4 Å². The van der Waals surface area contributed by atoms with Crippen molar-refractivity contribution in [3.8, 4) is 5.75 Å². The molecule has 2 fully saturated rings. The lowest BCUT2D eigenvalue weighted by molar-refractivity contribution is -0.157. The van der Waals surface area contributed by atoms with Crippen LogP contribution in [0.1, 0.15) is 66.8 Å². The zero-order valence-electron chi connectivity index (χ0n) is 21.1. The summed E-state index contributed by atoms with van der Waals surface area (Å²) in [5.74, 6) is 0.438. The number of amides is 1. The number of fused-ring (bicyclic) bond motifs is 4. The van der Waals surface area contributed by atoms with E-state index in [1.165, 1.54) is 0 Å². The van der Waals surface area contributed by atoms with E-state index < -0.39 is 5.60 Å². The normalized spacial score (nSPS) is 25.1. The van der Waals surface area contributed by atoms with E-state index in [4.69, 9.17) is 20.8 Å². The summed E-state index contributed by atoms with van der Waals surface area (Å²) in [6.45, 7) is 2.27. The van der Waals surface area contributed by atoms with E-state index in [1.54, 1.807) is 0 Å². The third kappa shape index (κ3) is 4.34. The molecular weight excluding hydrogens is 490 g/mol. The predicted octanol–water partition coefficient (Wildman–Crippen LogP) is 5.52. The molecule has 3 aromatic rings. The van der Waals surface area contributed by atoms with Crippen molar-refractivity contribution in [2.24, 2.45) is 5.92 Å². The van der Waals surface area contributed by atoms with E-state index >= 15 is 0 Å². The van der Waals surface area contributed by atoms with E-state index in [1.807, 2.05) is 48.2 Å². The van der Waals surface area contributed by atoms with Crippen molar-refractivity contribution >= 4 is 28.5 Å². The van der Waals surface area contributed by atoms with Crippen LogP contribution in [0, 0.1) is 12.8 Å². The number of carbonyl (C=O) groups is 1. The van der Waals surface area contributed by atoms with Crippen LogP contribution in [0.3, 0.4) is 0 Å². The van der Waals surface area contributed by atoms with Crippen LogP contribution in [0.5, 0.6) is 5.75 Å². The van der Waals surface area contributed by atoms with Gasteiger partial charge in [0.2, 0.25) is 0 Å². The van der Waals surface area contributed by atoms with Crippen molar-refractivity contribution in [2.75, 3.05) is 13.2 Å². The Morgan fingerprint density at radius 1 is 1.14 bits per heavy atom. The Morgan fingerprint density at radius 3 is 2.73 bits per heavy atom. The van der Waals surface area contributed by atoms with Gasteiger partial charge < -0.3 is 19.2 Å². The molecule has 37 heavy (non-hydrogen) atoms. The van der Waals surface area contributed by atoms with Crippen molar-refractivity contribution in [3.05, 3.63) is 74.1 Å². The molecule has 1 saturated heterocycles. The fraction of sp³-hybridized carbons (Fsp3) is 0.467. The molecule has 7 heteroatoms. The Hall–Kier alpha value is -2.83. The zero-order valence-corrected chi connectivity index (χ0v) is 21.9. The van der Waals surface area contributed by atoms with Crippen LogP contribution in [-0.2, 0) is 17.6 Å².